The van der Waals surface area contributed by atoms with Crippen LogP contribution in [0.5, 0.6) is 0 Å². The highest BCUT2D eigenvalue weighted by molar-refractivity contribution is 5.48. The first-order valence-corrected chi connectivity index (χ1v) is 5.48. The Bertz CT molecular complexity index is 481. The van der Waals surface area contributed by atoms with Crippen LogP contribution in [0.15, 0.2) is 42.5 Å². The molecule has 0 aliphatic rings. The molecule has 1 aromatic heterocycles. The van der Waals surface area contributed by atoms with E-state index in [4.69, 9.17) is 0 Å². The molecule has 0 unspecified atom stereocenters. The Morgan fingerprint density at radius 2 is 1.94 bits per heavy atom. The number of nitrogens with zero attached hydrogens (tertiary/aromatic N) is 2. The number of aromatic nitrogens is 2. The first kappa shape index (κ1) is 10.7. The summed E-state index contributed by atoms with van der Waals surface area (Å²) < 4.78 is 2.01. The molecule has 2 rings (SSSR count). The van der Waals surface area contributed by atoms with Crippen molar-refractivity contribution in [1.82, 2.24) is 9.78 Å². The van der Waals surface area contributed by atoms with E-state index in [0.29, 0.717) is 0 Å². The molecule has 2 nitrogen and oxygen atoms in total. The maximum absolute atomic E-state index is 4.41. The molecule has 0 aliphatic heterocycles. The molecule has 0 saturated carbocycles. The molecule has 16 heavy (non-hydrogen) atoms. The van der Waals surface area contributed by atoms with Gasteiger partial charge in [-0.2, -0.15) is 5.10 Å². The fourth-order valence-corrected chi connectivity index (χ4v) is 1.71. The van der Waals surface area contributed by atoms with E-state index < -0.39 is 0 Å². The minimum absolute atomic E-state index is 0.828. The average Bonchev–Trinajstić information content (AvgIpc) is 2.59. The van der Waals surface area contributed by atoms with Gasteiger partial charge in [0.25, 0.3) is 0 Å². The maximum atomic E-state index is 4.41. The van der Waals surface area contributed by atoms with Crippen molar-refractivity contribution in [3.05, 3.63) is 59.4 Å². The second-order valence-electron chi connectivity index (χ2n) is 3.92. The largest absolute Gasteiger partial charge is 0.266 e. The quantitative estimate of drug-likeness (QED) is 0.764. The normalized spacial score (nSPS) is 11.1. The summed E-state index contributed by atoms with van der Waals surface area (Å²) in [5.41, 5.74) is 3.50. The van der Waals surface area contributed by atoms with Gasteiger partial charge in [0.15, 0.2) is 0 Å². The molecular weight excluding hydrogens is 196 g/mol. The molecule has 2 heteroatoms. The molecular formula is C14H16N2. The van der Waals surface area contributed by atoms with Gasteiger partial charge in [-0.05, 0) is 25.5 Å². The lowest BCUT2D eigenvalue weighted by atomic mass is 10.2. The van der Waals surface area contributed by atoms with Gasteiger partial charge in [0.05, 0.1) is 12.2 Å². The topological polar surface area (TPSA) is 17.8 Å². The number of benzene rings is 1. The molecule has 0 aliphatic carbocycles. The van der Waals surface area contributed by atoms with E-state index in [9.17, 15) is 0 Å². The first-order valence-electron chi connectivity index (χ1n) is 5.48. The van der Waals surface area contributed by atoms with Gasteiger partial charge in [-0.1, -0.05) is 42.5 Å². The standard InChI is InChI=1S/C14H16N2/c1-12-11-13(2)16(15-12)10-6-9-14-7-4-3-5-8-14/h3-9,11H,10H2,1-2H3. The Labute approximate surface area is 96.2 Å². The molecule has 0 N–H and O–H groups in total. The van der Waals surface area contributed by atoms with E-state index in [1.807, 2.05) is 29.8 Å². The van der Waals surface area contributed by atoms with Crippen LogP contribution in [-0.4, -0.2) is 9.78 Å². The number of allylic oxidation sites excluding steroid dienone is 1. The van der Waals surface area contributed by atoms with Crippen molar-refractivity contribution in [2.24, 2.45) is 0 Å². The Balaban J connectivity index is 2.02. The van der Waals surface area contributed by atoms with E-state index in [1.54, 1.807) is 0 Å². The SMILES string of the molecule is Cc1cc(C)n(CC=Cc2ccccc2)n1. The fourth-order valence-electron chi connectivity index (χ4n) is 1.71. The number of aryl methyl sites for hydroxylation is 2. The summed E-state index contributed by atoms with van der Waals surface area (Å²) >= 11 is 0. The average molecular weight is 212 g/mol. The maximum Gasteiger partial charge on any atom is 0.0596 e. The molecule has 1 aromatic carbocycles. The minimum Gasteiger partial charge on any atom is -0.266 e. The monoisotopic (exact) mass is 212 g/mol. The van der Waals surface area contributed by atoms with E-state index in [0.717, 1.165) is 12.2 Å². The van der Waals surface area contributed by atoms with Gasteiger partial charge in [0, 0.05) is 5.69 Å². The third-order valence-corrected chi connectivity index (χ3v) is 2.49. The highest BCUT2D eigenvalue weighted by atomic mass is 15.3. The van der Waals surface area contributed by atoms with Gasteiger partial charge in [-0.3, -0.25) is 4.68 Å². The summed E-state index contributed by atoms with van der Waals surface area (Å²) in [7, 11) is 0. The molecule has 0 saturated heterocycles. The van der Waals surface area contributed by atoms with Crippen molar-refractivity contribution >= 4 is 6.08 Å². The zero-order chi connectivity index (χ0) is 11.4. The highest BCUT2D eigenvalue weighted by Gasteiger charge is 1.97. The van der Waals surface area contributed by atoms with E-state index in [1.165, 1.54) is 11.3 Å². The molecule has 0 bridgehead atoms. The number of rotatable bonds is 3. The predicted octanol–water partition coefficient (Wildman–Crippen LogP) is 3.21. The predicted molar refractivity (Wildman–Crippen MR) is 67.2 cm³/mol. The zero-order valence-corrected chi connectivity index (χ0v) is 9.72. The van der Waals surface area contributed by atoms with Crippen molar-refractivity contribution in [3.8, 4) is 0 Å². The van der Waals surface area contributed by atoms with Crippen LogP contribution in [0, 0.1) is 13.8 Å². The van der Waals surface area contributed by atoms with Gasteiger partial charge < -0.3 is 0 Å². The molecule has 0 atom stereocenters. The highest BCUT2D eigenvalue weighted by Crippen LogP contribution is 2.04. The molecule has 0 amide bonds. The van der Waals surface area contributed by atoms with Gasteiger partial charge in [-0.15, -0.1) is 0 Å². The van der Waals surface area contributed by atoms with E-state index in [2.05, 4.69) is 42.4 Å². The summed E-state index contributed by atoms with van der Waals surface area (Å²) in [5, 5.41) is 4.41. The summed E-state index contributed by atoms with van der Waals surface area (Å²) in [6.07, 6.45) is 4.26. The molecule has 0 spiro atoms. The van der Waals surface area contributed by atoms with Crippen LogP contribution in [0.2, 0.25) is 0 Å². The first-order chi connectivity index (χ1) is 7.75. The van der Waals surface area contributed by atoms with Gasteiger partial charge in [0.2, 0.25) is 0 Å². The Morgan fingerprint density at radius 3 is 2.56 bits per heavy atom. The van der Waals surface area contributed by atoms with Crippen LogP contribution in [0.3, 0.4) is 0 Å². The zero-order valence-electron chi connectivity index (χ0n) is 9.72. The second-order valence-corrected chi connectivity index (χ2v) is 3.92. The molecule has 82 valence electrons. The van der Waals surface area contributed by atoms with Gasteiger partial charge >= 0.3 is 0 Å². The lowest BCUT2D eigenvalue weighted by Gasteiger charge is -1.98. The summed E-state index contributed by atoms with van der Waals surface area (Å²) in [5.74, 6) is 0. The van der Waals surface area contributed by atoms with Crippen LogP contribution >= 0.6 is 0 Å². The minimum atomic E-state index is 0.828. The summed E-state index contributed by atoms with van der Waals surface area (Å²) in [4.78, 5) is 0. The molecule has 2 aromatic rings. The van der Waals surface area contributed by atoms with Crippen LogP contribution in [-0.2, 0) is 6.54 Å². The third-order valence-electron chi connectivity index (χ3n) is 2.49. The van der Waals surface area contributed by atoms with Crippen molar-refractivity contribution in [2.75, 3.05) is 0 Å². The molecule has 0 radical (unpaired) electrons. The van der Waals surface area contributed by atoms with Gasteiger partial charge in [-0.25, -0.2) is 0 Å². The Kier molecular flexibility index (Phi) is 3.20. The van der Waals surface area contributed by atoms with E-state index in [-0.39, 0.29) is 0 Å². The lowest BCUT2D eigenvalue weighted by Crippen LogP contribution is -1.99. The van der Waals surface area contributed by atoms with Gasteiger partial charge in [0.1, 0.15) is 0 Å². The second kappa shape index (κ2) is 4.79. The van der Waals surface area contributed by atoms with Crippen molar-refractivity contribution in [2.45, 2.75) is 20.4 Å². The van der Waals surface area contributed by atoms with Crippen LogP contribution in [0.25, 0.3) is 6.08 Å². The van der Waals surface area contributed by atoms with Crippen LogP contribution in [0.4, 0.5) is 0 Å². The molecule has 0 fully saturated rings. The van der Waals surface area contributed by atoms with Crippen molar-refractivity contribution in [1.29, 1.82) is 0 Å². The summed E-state index contributed by atoms with van der Waals surface area (Å²) in [6.45, 7) is 4.93. The van der Waals surface area contributed by atoms with Crippen molar-refractivity contribution in [3.63, 3.8) is 0 Å². The lowest BCUT2D eigenvalue weighted by molar-refractivity contribution is 0.673. The summed E-state index contributed by atoms with van der Waals surface area (Å²) in [6, 6.07) is 12.4. The van der Waals surface area contributed by atoms with Crippen LogP contribution in [0.1, 0.15) is 17.0 Å². The van der Waals surface area contributed by atoms with E-state index >= 15 is 0 Å². The van der Waals surface area contributed by atoms with Crippen molar-refractivity contribution < 1.29 is 0 Å². The molecule has 1 heterocycles. The Morgan fingerprint density at radius 1 is 1.19 bits per heavy atom. The Hall–Kier alpha value is -1.83. The number of hydrogen-bond donors (Lipinski definition) is 0. The fraction of sp³-hybridized carbons (Fsp3) is 0.214. The van der Waals surface area contributed by atoms with Crippen LogP contribution < -0.4 is 0 Å². The number of hydrogen-bond acceptors (Lipinski definition) is 1. The smallest absolute Gasteiger partial charge is 0.0596 e. The third kappa shape index (κ3) is 2.60.